The molecule has 2 rings (SSSR count). The average Bonchev–Trinajstić information content (AvgIpc) is 2.82. The molecule has 4 nitrogen and oxygen atoms in total. The molecule has 2 fully saturated rings. The lowest BCUT2D eigenvalue weighted by Crippen LogP contribution is -2.56. The molecule has 0 heterocycles. The van der Waals surface area contributed by atoms with E-state index in [1.54, 1.807) is 0 Å². The van der Waals surface area contributed by atoms with Crippen molar-refractivity contribution in [1.29, 1.82) is 0 Å². The highest BCUT2D eigenvalue weighted by molar-refractivity contribution is 5.91. The lowest BCUT2D eigenvalue weighted by atomic mass is 9.59. The smallest absolute Gasteiger partial charge is 0.331 e. The summed E-state index contributed by atoms with van der Waals surface area (Å²) in [6.07, 6.45) is 5.97. The van der Waals surface area contributed by atoms with E-state index in [0.29, 0.717) is 5.92 Å². The van der Waals surface area contributed by atoms with Crippen LogP contribution >= 0.6 is 0 Å². The van der Waals surface area contributed by atoms with Crippen LogP contribution in [-0.4, -0.2) is 22.6 Å². The van der Waals surface area contributed by atoms with Crippen LogP contribution in [-0.2, 0) is 14.3 Å². The number of hydrogen-bond donors (Lipinski definition) is 1. The Bertz CT molecular complexity index is 458. The number of carboxylic acids is 1. The number of ether oxygens (including phenoxy) is 1. The van der Waals surface area contributed by atoms with Gasteiger partial charge in [0.05, 0.1) is 0 Å². The van der Waals surface area contributed by atoms with Crippen LogP contribution in [0, 0.1) is 16.7 Å². The van der Waals surface area contributed by atoms with Crippen molar-refractivity contribution in [2.75, 3.05) is 0 Å². The van der Waals surface area contributed by atoms with Crippen LogP contribution < -0.4 is 0 Å². The fourth-order valence-electron chi connectivity index (χ4n) is 4.89. The molecule has 0 radical (unpaired) electrons. The minimum absolute atomic E-state index is 0.00262. The van der Waals surface area contributed by atoms with E-state index in [0.717, 1.165) is 31.4 Å². The first-order chi connectivity index (χ1) is 9.18. The number of aliphatic carboxylic acids is 1. The van der Waals surface area contributed by atoms with Gasteiger partial charge in [-0.05, 0) is 31.6 Å². The summed E-state index contributed by atoms with van der Waals surface area (Å²) in [7, 11) is 0. The normalized spacial score (nSPS) is 38.3. The SMILES string of the molecule is CCC1(OC(=O)/C=C\C(=O)O)C2(C)CCC(C2)C1(C)C. The fourth-order valence-corrected chi connectivity index (χ4v) is 4.89. The minimum atomic E-state index is -1.13. The molecule has 3 unspecified atom stereocenters. The first-order valence-corrected chi connectivity index (χ1v) is 7.32. The van der Waals surface area contributed by atoms with Crippen LogP contribution in [0.3, 0.4) is 0 Å². The summed E-state index contributed by atoms with van der Waals surface area (Å²) in [6.45, 7) is 8.63. The lowest BCUT2D eigenvalue weighted by Gasteiger charge is -2.52. The Balaban J connectivity index is 2.30. The van der Waals surface area contributed by atoms with E-state index in [9.17, 15) is 9.59 Å². The van der Waals surface area contributed by atoms with Crippen LogP contribution in [0.25, 0.3) is 0 Å². The minimum Gasteiger partial charge on any atom is -0.478 e. The van der Waals surface area contributed by atoms with E-state index >= 15 is 0 Å². The Morgan fingerprint density at radius 1 is 1.30 bits per heavy atom. The number of fused-ring (bicyclic) bond motifs is 2. The molecule has 112 valence electrons. The number of esters is 1. The zero-order valence-corrected chi connectivity index (χ0v) is 12.7. The molecular formula is C16H24O4. The predicted octanol–water partition coefficient (Wildman–Crippen LogP) is 3.17. The van der Waals surface area contributed by atoms with Gasteiger partial charge in [0.25, 0.3) is 0 Å². The van der Waals surface area contributed by atoms with Gasteiger partial charge in [-0.15, -0.1) is 0 Å². The Hall–Kier alpha value is -1.32. The third-order valence-corrected chi connectivity index (χ3v) is 5.91. The molecule has 0 aliphatic heterocycles. The maximum Gasteiger partial charge on any atom is 0.331 e. The topological polar surface area (TPSA) is 63.6 Å². The van der Waals surface area contributed by atoms with Gasteiger partial charge in [-0.3, -0.25) is 0 Å². The van der Waals surface area contributed by atoms with Crippen molar-refractivity contribution in [3.8, 4) is 0 Å². The highest BCUT2D eigenvalue weighted by atomic mass is 16.6. The van der Waals surface area contributed by atoms with E-state index in [2.05, 4.69) is 27.7 Å². The zero-order chi connectivity index (χ0) is 15.2. The second-order valence-corrected chi connectivity index (χ2v) is 7.00. The molecule has 4 heteroatoms. The Morgan fingerprint density at radius 3 is 2.40 bits per heavy atom. The van der Waals surface area contributed by atoms with Crippen LogP contribution in [0.1, 0.15) is 53.4 Å². The molecule has 0 saturated heterocycles. The van der Waals surface area contributed by atoms with Crippen LogP contribution in [0.4, 0.5) is 0 Å². The monoisotopic (exact) mass is 280 g/mol. The Labute approximate surface area is 120 Å². The molecule has 0 spiro atoms. The third kappa shape index (κ3) is 1.88. The van der Waals surface area contributed by atoms with Gasteiger partial charge in [-0.2, -0.15) is 0 Å². The standard InChI is InChI=1S/C16H24O4/c1-5-16(20-13(19)7-6-12(17)18)14(2,3)11-8-9-15(16,4)10-11/h6-7,11H,5,8-10H2,1-4H3,(H,17,18)/b7-6-. The largest absolute Gasteiger partial charge is 0.478 e. The molecule has 2 aliphatic carbocycles. The first-order valence-electron chi connectivity index (χ1n) is 7.32. The second kappa shape index (κ2) is 4.61. The Morgan fingerprint density at radius 2 is 1.95 bits per heavy atom. The molecule has 2 bridgehead atoms. The molecular weight excluding hydrogens is 256 g/mol. The van der Waals surface area contributed by atoms with Gasteiger partial charge in [0.15, 0.2) is 0 Å². The van der Waals surface area contributed by atoms with Gasteiger partial charge in [0.2, 0.25) is 0 Å². The number of hydrogen-bond acceptors (Lipinski definition) is 3. The van der Waals surface area contributed by atoms with E-state index in [1.165, 1.54) is 6.42 Å². The summed E-state index contributed by atoms with van der Waals surface area (Å²) in [5.74, 6) is -1.11. The summed E-state index contributed by atoms with van der Waals surface area (Å²) in [5.41, 5.74) is -0.563. The molecule has 0 amide bonds. The molecule has 0 aromatic rings. The van der Waals surface area contributed by atoms with Crippen molar-refractivity contribution in [2.45, 2.75) is 59.0 Å². The van der Waals surface area contributed by atoms with Gasteiger partial charge < -0.3 is 9.84 Å². The highest BCUT2D eigenvalue weighted by Crippen LogP contribution is 2.70. The van der Waals surface area contributed by atoms with Gasteiger partial charge in [-0.1, -0.05) is 27.7 Å². The number of carbonyl (C=O) groups excluding carboxylic acids is 1. The summed E-state index contributed by atoms with van der Waals surface area (Å²) in [5, 5.41) is 8.61. The summed E-state index contributed by atoms with van der Waals surface area (Å²) < 4.78 is 5.86. The van der Waals surface area contributed by atoms with Crippen molar-refractivity contribution in [3.63, 3.8) is 0 Å². The maximum absolute atomic E-state index is 12.0. The summed E-state index contributed by atoms with van der Waals surface area (Å²) in [4.78, 5) is 22.5. The fraction of sp³-hybridized carbons (Fsp3) is 0.750. The predicted molar refractivity (Wildman–Crippen MR) is 75.1 cm³/mol. The van der Waals surface area contributed by atoms with Crippen molar-refractivity contribution >= 4 is 11.9 Å². The van der Waals surface area contributed by atoms with Gasteiger partial charge >= 0.3 is 11.9 Å². The molecule has 2 aliphatic rings. The van der Waals surface area contributed by atoms with Gasteiger partial charge in [0, 0.05) is 23.0 Å². The highest BCUT2D eigenvalue weighted by Gasteiger charge is 2.70. The van der Waals surface area contributed by atoms with Gasteiger partial charge in [-0.25, -0.2) is 9.59 Å². The molecule has 0 aromatic carbocycles. The van der Waals surface area contributed by atoms with E-state index in [1.807, 2.05) is 0 Å². The zero-order valence-electron chi connectivity index (χ0n) is 12.7. The summed E-state index contributed by atoms with van der Waals surface area (Å²) >= 11 is 0. The third-order valence-electron chi connectivity index (χ3n) is 5.91. The Kier molecular flexibility index (Phi) is 3.47. The van der Waals surface area contributed by atoms with E-state index < -0.39 is 17.5 Å². The number of rotatable bonds is 4. The quantitative estimate of drug-likeness (QED) is 0.634. The van der Waals surface area contributed by atoms with Crippen molar-refractivity contribution in [1.82, 2.24) is 0 Å². The van der Waals surface area contributed by atoms with E-state index in [4.69, 9.17) is 9.84 Å². The molecule has 0 aromatic heterocycles. The van der Waals surface area contributed by atoms with Crippen molar-refractivity contribution < 1.29 is 19.4 Å². The summed E-state index contributed by atoms with van der Waals surface area (Å²) in [6, 6.07) is 0. The first kappa shape index (κ1) is 15.1. The van der Waals surface area contributed by atoms with Crippen molar-refractivity contribution in [2.24, 2.45) is 16.7 Å². The van der Waals surface area contributed by atoms with Crippen molar-refractivity contribution in [3.05, 3.63) is 12.2 Å². The van der Waals surface area contributed by atoms with Crippen LogP contribution in [0.5, 0.6) is 0 Å². The lowest BCUT2D eigenvalue weighted by molar-refractivity contribution is -0.195. The number of carboxylic acid groups (broad SMARTS) is 1. The molecule has 3 atom stereocenters. The van der Waals surface area contributed by atoms with Gasteiger partial charge in [0.1, 0.15) is 5.60 Å². The van der Waals surface area contributed by atoms with Crippen LogP contribution in [0.2, 0.25) is 0 Å². The molecule has 20 heavy (non-hydrogen) atoms. The van der Waals surface area contributed by atoms with E-state index in [-0.39, 0.29) is 10.8 Å². The number of carbonyl (C=O) groups is 2. The molecule has 2 saturated carbocycles. The van der Waals surface area contributed by atoms with Crippen LogP contribution in [0.15, 0.2) is 12.2 Å². The maximum atomic E-state index is 12.0. The molecule has 1 N–H and O–H groups in total. The average molecular weight is 280 g/mol. The second-order valence-electron chi connectivity index (χ2n) is 7.00.